The van der Waals surface area contributed by atoms with E-state index in [4.69, 9.17) is 9.88 Å². The first-order valence-corrected chi connectivity index (χ1v) is 6.95. The fourth-order valence-corrected chi connectivity index (χ4v) is 2.30. The monoisotopic (exact) mass is 286 g/mol. The molecule has 10 heteroatoms. The van der Waals surface area contributed by atoms with Crippen molar-refractivity contribution in [2.75, 3.05) is 13.7 Å². The van der Waals surface area contributed by atoms with Crippen molar-refractivity contribution in [3.05, 3.63) is 11.9 Å². The average molecular weight is 286 g/mol. The zero-order valence-electron chi connectivity index (χ0n) is 10.5. The van der Waals surface area contributed by atoms with Crippen molar-refractivity contribution in [2.45, 2.75) is 18.6 Å². The van der Waals surface area contributed by atoms with Gasteiger partial charge in [-0.25, -0.2) is 13.6 Å². The third-order valence-corrected chi connectivity index (χ3v) is 3.37. The zero-order valence-corrected chi connectivity index (χ0v) is 11.3. The molecule has 0 aliphatic rings. The molecule has 0 saturated heterocycles. The quantitative estimate of drug-likeness (QED) is 0.745. The van der Waals surface area contributed by atoms with E-state index in [2.05, 4.69) is 20.4 Å². The molecule has 0 aliphatic heterocycles. The molecular weight excluding hydrogens is 272 g/mol. The molecule has 2 rings (SSSR count). The zero-order chi connectivity index (χ0) is 14.0. The van der Waals surface area contributed by atoms with Crippen LogP contribution in [0.15, 0.2) is 11.4 Å². The lowest BCUT2D eigenvalue weighted by atomic mass is 10.2. The van der Waals surface area contributed by atoms with Gasteiger partial charge >= 0.3 is 0 Å². The molecule has 0 saturated carbocycles. The van der Waals surface area contributed by atoms with Gasteiger partial charge in [-0.05, 0) is 6.92 Å². The maximum Gasteiger partial charge on any atom is 0.273 e. The molecule has 0 amide bonds. The van der Waals surface area contributed by atoms with Crippen LogP contribution in [0.4, 0.5) is 0 Å². The Bertz CT molecular complexity index is 674. The van der Waals surface area contributed by atoms with Gasteiger partial charge in [0.05, 0.1) is 24.9 Å². The number of methoxy groups -OCH3 is 1. The second-order valence-electron chi connectivity index (χ2n) is 3.90. The number of nitrogens with zero attached hydrogens (tertiary/aromatic N) is 4. The van der Waals surface area contributed by atoms with Gasteiger partial charge in [0.15, 0.2) is 5.82 Å². The molecule has 2 heterocycles. The van der Waals surface area contributed by atoms with E-state index in [0.29, 0.717) is 18.0 Å². The van der Waals surface area contributed by atoms with Crippen LogP contribution in [-0.4, -0.2) is 47.1 Å². The van der Waals surface area contributed by atoms with Gasteiger partial charge in [-0.15, -0.1) is 10.2 Å². The number of primary sulfonamides is 1. The summed E-state index contributed by atoms with van der Waals surface area (Å²) in [4.78, 5) is 0. The highest BCUT2D eigenvalue weighted by Crippen LogP contribution is 2.21. The maximum absolute atomic E-state index is 11.5. The van der Waals surface area contributed by atoms with Crippen molar-refractivity contribution in [2.24, 2.45) is 5.14 Å². The summed E-state index contributed by atoms with van der Waals surface area (Å²) in [6, 6.07) is 0. The number of rotatable bonds is 5. The van der Waals surface area contributed by atoms with Crippen molar-refractivity contribution in [3.8, 4) is 11.4 Å². The number of hydrogen-bond acceptors (Lipinski definition) is 6. The Morgan fingerprint density at radius 3 is 2.74 bits per heavy atom. The number of aromatic nitrogens is 5. The van der Waals surface area contributed by atoms with Crippen LogP contribution in [0.2, 0.25) is 0 Å². The van der Waals surface area contributed by atoms with Gasteiger partial charge in [0.2, 0.25) is 0 Å². The summed E-state index contributed by atoms with van der Waals surface area (Å²) in [6.07, 6.45) is 1.55. The smallest absolute Gasteiger partial charge is 0.273 e. The fraction of sp³-hybridized carbons (Fsp3) is 0.444. The number of sulfonamides is 1. The van der Waals surface area contributed by atoms with E-state index in [1.807, 2.05) is 0 Å². The molecule has 19 heavy (non-hydrogen) atoms. The SMILES string of the molecule is COCCn1c(-c2cn[nH]c2C)nnc1S(N)(=O)=O. The van der Waals surface area contributed by atoms with Crippen molar-refractivity contribution < 1.29 is 13.2 Å². The minimum Gasteiger partial charge on any atom is -0.383 e. The van der Waals surface area contributed by atoms with Crippen molar-refractivity contribution in [1.82, 2.24) is 25.0 Å². The number of hydrogen-bond donors (Lipinski definition) is 2. The van der Waals surface area contributed by atoms with E-state index >= 15 is 0 Å². The number of aryl methyl sites for hydroxylation is 1. The highest BCUT2D eigenvalue weighted by molar-refractivity contribution is 7.89. The molecule has 0 radical (unpaired) electrons. The molecule has 0 atom stereocenters. The van der Waals surface area contributed by atoms with Crippen LogP contribution >= 0.6 is 0 Å². The second kappa shape index (κ2) is 5.07. The largest absolute Gasteiger partial charge is 0.383 e. The summed E-state index contributed by atoms with van der Waals surface area (Å²) in [5.74, 6) is 0.382. The Morgan fingerprint density at radius 2 is 2.21 bits per heavy atom. The predicted molar refractivity (Wildman–Crippen MR) is 65.6 cm³/mol. The molecule has 0 aromatic carbocycles. The maximum atomic E-state index is 11.5. The lowest BCUT2D eigenvalue weighted by Crippen LogP contribution is -2.20. The Hall–Kier alpha value is -1.78. The van der Waals surface area contributed by atoms with E-state index in [1.54, 1.807) is 13.1 Å². The number of aromatic amines is 1. The van der Waals surface area contributed by atoms with Gasteiger partial charge in [-0.1, -0.05) is 0 Å². The van der Waals surface area contributed by atoms with Gasteiger partial charge in [0.25, 0.3) is 15.2 Å². The number of H-pyrrole nitrogens is 1. The van der Waals surface area contributed by atoms with E-state index in [9.17, 15) is 8.42 Å². The van der Waals surface area contributed by atoms with Gasteiger partial charge in [0, 0.05) is 12.8 Å². The highest BCUT2D eigenvalue weighted by Gasteiger charge is 2.23. The Labute approximate surface area is 109 Å². The summed E-state index contributed by atoms with van der Waals surface area (Å²) >= 11 is 0. The first-order chi connectivity index (χ1) is 8.95. The minimum absolute atomic E-state index is 0.273. The van der Waals surface area contributed by atoms with E-state index in [0.717, 1.165) is 5.69 Å². The predicted octanol–water partition coefficient (Wildman–Crippen LogP) is -0.730. The molecule has 0 fully saturated rings. The van der Waals surface area contributed by atoms with E-state index in [1.165, 1.54) is 11.7 Å². The van der Waals surface area contributed by atoms with Crippen LogP contribution in [0, 0.1) is 6.92 Å². The molecule has 0 bridgehead atoms. The van der Waals surface area contributed by atoms with Gasteiger partial charge in [0.1, 0.15) is 0 Å². The van der Waals surface area contributed by atoms with Crippen LogP contribution in [0.5, 0.6) is 0 Å². The number of ether oxygens (including phenoxy) is 1. The molecule has 0 unspecified atom stereocenters. The summed E-state index contributed by atoms with van der Waals surface area (Å²) in [5.41, 5.74) is 1.42. The molecule has 2 aromatic heterocycles. The Balaban J connectivity index is 2.56. The molecule has 104 valence electrons. The molecule has 3 N–H and O–H groups in total. The second-order valence-corrected chi connectivity index (χ2v) is 5.36. The molecule has 0 spiro atoms. The van der Waals surface area contributed by atoms with Crippen LogP contribution < -0.4 is 5.14 Å². The lowest BCUT2D eigenvalue weighted by Gasteiger charge is -2.07. The van der Waals surface area contributed by atoms with Crippen LogP contribution in [0.3, 0.4) is 0 Å². The first kappa shape index (κ1) is 13.6. The normalized spacial score (nSPS) is 11.9. The van der Waals surface area contributed by atoms with Crippen LogP contribution in [0.25, 0.3) is 11.4 Å². The van der Waals surface area contributed by atoms with Gasteiger partial charge in [-0.2, -0.15) is 5.10 Å². The topological polar surface area (TPSA) is 129 Å². The first-order valence-electron chi connectivity index (χ1n) is 5.40. The van der Waals surface area contributed by atoms with Gasteiger partial charge in [-0.3, -0.25) is 9.67 Å². The number of nitrogens with one attached hydrogen (secondary N) is 1. The van der Waals surface area contributed by atoms with Crippen molar-refractivity contribution >= 4 is 10.0 Å². The third-order valence-electron chi connectivity index (χ3n) is 2.56. The minimum atomic E-state index is -3.94. The lowest BCUT2D eigenvalue weighted by molar-refractivity contribution is 0.185. The Morgan fingerprint density at radius 1 is 1.47 bits per heavy atom. The summed E-state index contributed by atoms with van der Waals surface area (Å²) in [6.45, 7) is 2.38. The van der Waals surface area contributed by atoms with Crippen LogP contribution in [-0.2, 0) is 21.3 Å². The van der Waals surface area contributed by atoms with Gasteiger partial charge < -0.3 is 4.74 Å². The Kier molecular flexibility index (Phi) is 3.64. The average Bonchev–Trinajstić information content (AvgIpc) is 2.90. The highest BCUT2D eigenvalue weighted by atomic mass is 32.2. The van der Waals surface area contributed by atoms with Crippen molar-refractivity contribution in [1.29, 1.82) is 0 Å². The standard InChI is InChI=1S/C9H14N6O3S/c1-6-7(5-11-12-6)8-13-14-9(19(10,16)17)15(8)3-4-18-2/h5H,3-4H2,1-2H3,(H,11,12)(H2,10,16,17). The molecule has 0 aliphatic carbocycles. The summed E-state index contributed by atoms with van der Waals surface area (Å²) < 4.78 is 29.3. The van der Waals surface area contributed by atoms with Crippen molar-refractivity contribution in [3.63, 3.8) is 0 Å². The third kappa shape index (κ3) is 2.64. The number of nitrogens with two attached hydrogens (primary N) is 1. The molecule has 9 nitrogen and oxygen atoms in total. The van der Waals surface area contributed by atoms with E-state index in [-0.39, 0.29) is 11.7 Å². The van der Waals surface area contributed by atoms with E-state index < -0.39 is 10.0 Å². The summed E-state index contributed by atoms with van der Waals surface area (Å²) in [5, 5.41) is 19.0. The molecule has 2 aromatic rings. The van der Waals surface area contributed by atoms with Crippen LogP contribution in [0.1, 0.15) is 5.69 Å². The molecular formula is C9H14N6O3S. The summed E-state index contributed by atoms with van der Waals surface area (Å²) in [7, 11) is -2.43. The fourth-order valence-electron chi connectivity index (χ4n) is 1.66.